The van der Waals surface area contributed by atoms with Crippen molar-refractivity contribution in [2.75, 3.05) is 0 Å². The summed E-state index contributed by atoms with van der Waals surface area (Å²) in [4.78, 5) is 9.69. The lowest BCUT2D eigenvalue weighted by molar-refractivity contribution is 0.564. The zero-order chi connectivity index (χ0) is 8.36. The maximum absolute atomic E-state index is 9.69. The van der Waals surface area contributed by atoms with Crippen LogP contribution in [0.1, 0.15) is 32.6 Å². The van der Waals surface area contributed by atoms with E-state index in [1.807, 2.05) is 6.08 Å². The lowest BCUT2D eigenvalue weighted by Gasteiger charge is -1.89. The summed E-state index contributed by atoms with van der Waals surface area (Å²) in [6, 6.07) is 0. The van der Waals surface area contributed by atoms with Gasteiger partial charge in [-0.3, -0.25) is 4.79 Å². The lowest BCUT2D eigenvalue weighted by Crippen LogP contribution is -1.69. The SMILES string of the molecule is CCCCC/C=C/C=C/[C]=O. The average Bonchev–Trinajstić information content (AvgIpc) is 2.03. The molecule has 0 aromatic carbocycles. The van der Waals surface area contributed by atoms with Crippen LogP contribution in [0.4, 0.5) is 0 Å². The van der Waals surface area contributed by atoms with Crippen LogP contribution in [0.5, 0.6) is 0 Å². The van der Waals surface area contributed by atoms with E-state index in [0.717, 1.165) is 6.42 Å². The lowest BCUT2D eigenvalue weighted by atomic mass is 10.2. The molecule has 1 heteroatoms. The van der Waals surface area contributed by atoms with Gasteiger partial charge in [-0.1, -0.05) is 38.0 Å². The second kappa shape index (κ2) is 9.15. The fraction of sp³-hybridized carbons (Fsp3) is 0.500. The molecule has 0 N–H and O–H groups in total. The van der Waals surface area contributed by atoms with Crippen molar-refractivity contribution in [1.82, 2.24) is 0 Å². The Balaban J connectivity index is 3.15. The van der Waals surface area contributed by atoms with Gasteiger partial charge in [0.15, 0.2) is 0 Å². The number of hydrogen-bond donors (Lipinski definition) is 0. The second-order valence-corrected chi connectivity index (χ2v) is 2.40. The molecule has 11 heavy (non-hydrogen) atoms. The summed E-state index contributed by atoms with van der Waals surface area (Å²) in [6.45, 7) is 2.19. The fourth-order valence-corrected chi connectivity index (χ4v) is 0.782. The molecule has 0 rings (SSSR count). The van der Waals surface area contributed by atoms with Crippen molar-refractivity contribution in [2.24, 2.45) is 0 Å². The van der Waals surface area contributed by atoms with Gasteiger partial charge in [0.2, 0.25) is 6.29 Å². The van der Waals surface area contributed by atoms with Crippen molar-refractivity contribution >= 4 is 6.29 Å². The van der Waals surface area contributed by atoms with Gasteiger partial charge in [-0.15, -0.1) is 0 Å². The molecule has 0 aliphatic rings. The van der Waals surface area contributed by atoms with E-state index >= 15 is 0 Å². The second-order valence-electron chi connectivity index (χ2n) is 2.40. The van der Waals surface area contributed by atoms with Crippen LogP contribution in [-0.2, 0) is 4.79 Å². The third kappa shape index (κ3) is 9.15. The van der Waals surface area contributed by atoms with E-state index in [1.165, 1.54) is 25.3 Å². The molecule has 1 radical (unpaired) electrons. The van der Waals surface area contributed by atoms with Gasteiger partial charge in [-0.25, -0.2) is 0 Å². The molecule has 0 aromatic heterocycles. The molecule has 61 valence electrons. The monoisotopic (exact) mass is 151 g/mol. The minimum atomic E-state index is 1.11. The first-order chi connectivity index (χ1) is 5.41. The van der Waals surface area contributed by atoms with Crippen molar-refractivity contribution < 1.29 is 4.79 Å². The molecule has 1 nitrogen and oxygen atoms in total. The number of unbranched alkanes of at least 4 members (excludes halogenated alkanes) is 3. The van der Waals surface area contributed by atoms with Crippen molar-refractivity contribution in [3.05, 3.63) is 24.3 Å². The Hall–Kier alpha value is -0.850. The van der Waals surface area contributed by atoms with Gasteiger partial charge in [0.05, 0.1) is 0 Å². The molecule has 0 amide bonds. The summed E-state index contributed by atoms with van der Waals surface area (Å²) in [5.74, 6) is 0. The molecular weight excluding hydrogens is 136 g/mol. The van der Waals surface area contributed by atoms with Gasteiger partial charge < -0.3 is 0 Å². The van der Waals surface area contributed by atoms with Crippen LogP contribution in [0, 0.1) is 0 Å². The highest BCUT2D eigenvalue weighted by molar-refractivity contribution is 5.66. The normalized spacial score (nSPS) is 11.4. The Morgan fingerprint density at radius 3 is 2.73 bits per heavy atom. The minimum Gasteiger partial charge on any atom is -0.286 e. The number of carbonyl (C=O) groups excluding carboxylic acids is 1. The van der Waals surface area contributed by atoms with Crippen LogP contribution in [0.3, 0.4) is 0 Å². The number of rotatable bonds is 6. The Morgan fingerprint density at radius 1 is 1.27 bits per heavy atom. The van der Waals surface area contributed by atoms with E-state index < -0.39 is 0 Å². The highest BCUT2D eigenvalue weighted by atomic mass is 16.1. The third-order valence-electron chi connectivity index (χ3n) is 1.39. The Bertz CT molecular complexity index is 134. The molecular formula is C10H15O. The molecule has 0 bridgehead atoms. The third-order valence-corrected chi connectivity index (χ3v) is 1.39. The van der Waals surface area contributed by atoms with Gasteiger partial charge in [-0.2, -0.15) is 0 Å². The number of allylic oxidation sites excluding steroid dienone is 4. The van der Waals surface area contributed by atoms with Crippen molar-refractivity contribution in [1.29, 1.82) is 0 Å². The molecule has 0 saturated carbocycles. The summed E-state index contributed by atoms with van der Waals surface area (Å²) in [7, 11) is 0. The van der Waals surface area contributed by atoms with E-state index in [4.69, 9.17) is 0 Å². The van der Waals surface area contributed by atoms with Crippen LogP contribution >= 0.6 is 0 Å². The molecule has 0 saturated heterocycles. The first-order valence-corrected chi connectivity index (χ1v) is 4.11. The van der Waals surface area contributed by atoms with Gasteiger partial charge in [-0.05, 0) is 18.9 Å². The number of hydrogen-bond acceptors (Lipinski definition) is 1. The highest BCUT2D eigenvalue weighted by Gasteiger charge is 1.79. The van der Waals surface area contributed by atoms with Gasteiger partial charge >= 0.3 is 0 Å². The zero-order valence-electron chi connectivity index (χ0n) is 7.05. The van der Waals surface area contributed by atoms with Crippen LogP contribution in [-0.4, -0.2) is 6.29 Å². The van der Waals surface area contributed by atoms with Gasteiger partial charge in [0.25, 0.3) is 0 Å². The average molecular weight is 151 g/mol. The summed E-state index contributed by atoms with van der Waals surface area (Å²) >= 11 is 0. The van der Waals surface area contributed by atoms with E-state index in [-0.39, 0.29) is 0 Å². The molecule has 0 aromatic rings. The largest absolute Gasteiger partial charge is 0.286 e. The van der Waals surface area contributed by atoms with Crippen LogP contribution < -0.4 is 0 Å². The van der Waals surface area contributed by atoms with Crippen LogP contribution in [0.15, 0.2) is 24.3 Å². The zero-order valence-corrected chi connectivity index (χ0v) is 7.05. The highest BCUT2D eigenvalue weighted by Crippen LogP contribution is 1.99. The summed E-state index contributed by atoms with van der Waals surface area (Å²) < 4.78 is 0. The van der Waals surface area contributed by atoms with E-state index in [9.17, 15) is 4.79 Å². The van der Waals surface area contributed by atoms with Crippen molar-refractivity contribution in [3.8, 4) is 0 Å². The quantitative estimate of drug-likeness (QED) is 0.324. The van der Waals surface area contributed by atoms with Crippen LogP contribution in [0.2, 0.25) is 0 Å². The molecule has 0 fully saturated rings. The molecule has 0 atom stereocenters. The first-order valence-electron chi connectivity index (χ1n) is 4.11. The maximum atomic E-state index is 9.69. The van der Waals surface area contributed by atoms with E-state index in [1.54, 1.807) is 12.4 Å². The first kappa shape index (κ1) is 10.2. The molecule has 0 aliphatic heterocycles. The molecule has 0 spiro atoms. The maximum Gasteiger partial charge on any atom is 0.225 e. The Kier molecular flexibility index (Phi) is 8.44. The summed E-state index contributed by atoms with van der Waals surface area (Å²) in [5, 5.41) is 0. The molecule has 0 unspecified atom stereocenters. The van der Waals surface area contributed by atoms with E-state index in [2.05, 4.69) is 13.0 Å². The summed E-state index contributed by atoms with van der Waals surface area (Å²) in [5.41, 5.74) is 0. The van der Waals surface area contributed by atoms with Gasteiger partial charge in [0, 0.05) is 0 Å². The fourth-order valence-electron chi connectivity index (χ4n) is 0.782. The molecule has 0 heterocycles. The standard InChI is InChI=1S/C10H15O/c1-2-3-4-5-6-7-8-9-10-11/h6-9H,2-5H2,1H3/b7-6+,9-8+. The Morgan fingerprint density at radius 2 is 2.09 bits per heavy atom. The minimum absolute atomic E-state index is 1.11. The molecule has 0 aliphatic carbocycles. The van der Waals surface area contributed by atoms with Gasteiger partial charge in [0.1, 0.15) is 0 Å². The summed E-state index contributed by atoms with van der Waals surface area (Å²) in [6.07, 6.45) is 13.6. The van der Waals surface area contributed by atoms with Crippen LogP contribution in [0.25, 0.3) is 0 Å². The van der Waals surface area contributed by atoms with Crippen molar-refractivity contribution in [2.45, 2.75) is 32.6 Å². The smallest absolute Gasteiger partial charge is 0.225 e. The predicted molar refractivity (Wildman–Crippen MR) is 48.1 cm³/mol. The van der Waals surface area contributed by atoms with Crippen molar-refractivity contribution in [3.63, 3.8) is 0 Å². The topological polar surface area (TPSA) is 17.1 Å². The Labute approximate surface area is 68.8 Å². The van der Waals surface area contributed by atoms with E-state index in [0.29, 0.717) is 0 Å². The predicted octanol–water partition coefficient (Wildman–Crippen LogP) is 2.79.